The van der Waals surface area contributed by atoms with Crippen LogP contribution in [-0.2, 0) is 13.1 Å². The van der Waals surface area contributed by atoms with Crippen molar-refractivity contribution in [3.05, 3.63) is 47.4 Å². The maximum atomic E-state index is 12.2. The summed E-state index contributed by atoms with van der Waals surface area (Å²) in [4.78, 5) is 13.8. The molecule has 22 heavy (non-hydrogen) atoms. The van der Waals surface area contributed by atoms with E-state index >= 15 is 0 Å². The molecule has 1 heterocycles. The molecule has 0 bridgehead atoms. The lowest BCUT2D eigenvalue weighted by Gasteiger charge is -2.16. The van der Waals surface area contributed by atoms with Crippen LogP contribution in [0.1, 0.15) is 21.7 Å². The van der Waals surface area contributed by atoms with Gasteiger partial charge in [-0.05, 0) is 23.8 Å². The van der Waals surface area contributed by atoms with Crippen LogP contribution in [-0.4, -0.2) is 30.1 Å². The van der Waals surface area contributed by atoms with Crippen molar-refractivity contribution in [3.8, 4) is 11.5 Å². The predicted molar refractivity (Wildman–Crippen MR) is 84.3 cm³/mol. The zero-order valence-electron chi connectivity index (χ0n) is 12.4. The fraction of sp³-hybridized carbons (Fsp3) is 0.267. The van der Waals surface area contributed by atoms with Gasteiger partial charge in [0, 0.05) is 13.6 Å². The number of phenolic OH excluding ortho intramolecular Hbond substituents is 1. The minimum atomic E-state index is -0.172. The van der Waals surface area contributed by atoms with Crippen LogP contribution in [0.15, 0.2) is 34.9 Å². The molecule has 0 atom stereocenters. The molecule has 0 aliphatic heterocycles. The van der Waals surface area contributed by atoms with E-state index in [1.165, 1.54) is 18.3 Å². The fourth-order valence-electron chi connectivity index (χ4n) is 2.00. The van der Waals surface area contributed by atoms with Crippen LogP contribution in [0.2, 0.25) is 0 Å². The number of hydrogen-bond acceptors (Lipinski definition) is 5. The van der Waals surface area contributed by atoms with E-state index in [1.54, 1.807) is 31.3 Å². The lowest BCUT2D eigenvalue weighted by Crippen LogP contribution is -2.25. The number of nitrogens with zero attached hydrogens (tertiary/aromatic N) is 1. The largest absolute Gasteiger partial charge is 0.504 e. The zero-order chi connectivity index (χ0) is 15.4. The summed E-state index contributed by atoms with van der Waals surface area (Å²) >= 11 is 0. The summed E-state index contributed by atoms with van der Waals surface area (Å²) in [6.07, 6.45) is 1.40. The molecule has 6 nitrogen and oxygen atoms in total. The number of phenols is 1. The molecule has 1 amide bonds. The molecule has 2 aromatic rings. The first kappa shape index (κ1) is 17.9. The van der Waals surface area contributed by atoms with Crippen LogP contribution in [0.5, 0.6) is 11.5 Å². The van der Waals surface area contributed by atoms with E-state index in [-0.39, 0.29) is 30.6 Å². The highest BCUT2D eigenvalue weighted by Gasteiger charge is 2.15. The molecule has 2 rings (SSSR count). The van der Waals surface area contributed by atoms with E-state index < -0.39 is 0 Å². The molecule has 0 saturated carbocycles. The number of amides is 1. The Bertz CT molecular complexity index is 642. The van der Waals surface area contributed by atoms with E-state index in [4.69, 9.17) is 14.9 Å². The number of aromatic hydroxyl groups is 1. The third-order valence-electron chi connectivity index (χ3n) is 3.11. The van der Waals surface area contributed by atoms with Crippen molar-refractivity contribution in [2.24, 2.45) is 5.73 Å². The Labute approximate surface area is 134 Å². The number of halogens is 1. The van der Waals surface area contributed by atoms with Crippen LogP contribution in [0.25, 0.3) is 0 Å². The predicted octanol–water partition coefficient (Wildman–Crippen LogP) is 2.15. The number of rotatable bonds is 5. The average Bonchev–Trinajstić information content (AvgIpc) is 2.95. The topological polar surface area (TPSA) is 88.9 Å². The number of methoxy groups -OCH3 is 1. The Morgan fingerprint density at radius 1 is 1.41 bits per heavy atom. The summed E-state index contributed by atoms with van der Waals surface area (Å²) in [6, 6.07) is 6.66. The van der Waals surface area contributed by atoms with Crippen molar-refractivity contribution in [2.45, 2.75) is 13.1 Å². The van der Waals surface area contributed by atoms with Gasteiger partial charge in [-0.2, -0.15) is 0 Å². The van der Waals surface area contributed by atoms with Crippen molar-refractivity contribution in [1.29, 1.82) is 0 Å². The van der Waals surface area contributed by atoms with Crippen molar-refractivity contribution >= 4 is 18.3 Å². The van der Waals surface area contributed by atoms with Gasteiger partial charge in [-0.3, -0.25) is 4.79 Å². The molecule has 0 aliphatic carbocycles. The molecular weight excluding hydrogens is 308 g/mol. The number of furan rings is 1. The Hall–Kier alpha value is -2.18. The van der Waals surface area contributed by atoms with Gasteiger partial charge in [0.05, 0.1) is 19.2 Å². The zero-order valence-corrected chi connectivity index (χ0v) is 13.2. The Morgan fingerprint density at radius 3 is 2.68 bits per heavy atom. The third-order valence-corrected chi connectivity index (χ3v) is 3.11. The van der Waals surface area contributed by atoms with Gasteiger partial charge < -0.3 is 24.9 Å². The van der Waals surface area contributed by atoms with E-state index in [1.807, 2.05) is 0 Å². The highest BCUT2D eigenvalue weighted by molar-refractivity contribution is 5.93. The van der Waals surface area contributed by atoms with Crippen LogP contribution < -0.4 is 10.5 Å². The van der Waals surface area contributed by atoms with Gasteiger partial charge in [0.15, 0.2) is 11.5 Å². The number of ether oxygens (including phenoxy) is 1. The van der Waals surface area contributed by atoms with Crippen LogP contribution in [0, 0.1) is 0 Å². The summed E-state index contributed by atoms with van der Waals surface area (Å²) in [6.45, 7) is 0.614. The number of carbonyl (C=O) groups excluding carboxylic acids is 1. The first-order chi connectivity index (χ1) is 10.0. The number of carbonyl (C=O) groups is 1. The normalized spacial score (nSPS) is 9.95. The minimum absolute atomic E-state index is 0. The smallest absolute Gasteiger partial charge is 0.257 e. The second-order valence-corrected chi connectivity index (χ2v) is 4.67. The molecule has 7 heteroatoms. The molecule has 120 valence electrons. The summed E-state index contributed by atoms with van der Waals surface area (Å²) in [5.74, 6) is 0.835. The van der Waals surface area contributed by atoms with Crippen molar-refractivity contribution in [2.75, 3.05) is 14.2 Å². The Kier molecular flexibility index (Phi) is 6.27. The first-order valence-electron chi connectivity index (χ1n) is 6.44. The van der Waals surface area contributed by atoms with E-state index in [0.717, 1.165) is 5.56 Å². The lowest BCUT2D eigenvalue weighted by atomic mass is 10.2. The summed E-state index contributed by atoms with van der Waals surface area (Å²) in [5, 5.41) is 9.74. The van der Waals surface area contributed by atoms with Crippen LogP contribution in [0.3, 0.4) is 0 Å². The van der Waals surface area contributed by atoms with Crippen LogP contribution in [0.4, 0.5) is 0 Å². The number of nitrogens with two attached hydrogens (primary N) is 1. The van der Waals surface area contributed by atoms with E-state index in [0.29, 0.717) is 23.6 Å². The van der Waals surface area contributed by atoms with E-state index in [2.05, 4.69) is 0 Å². The van der Waals surface area contributed by atoms with Crippen molar-refractivity contribution < 1.29 is 19.1 Å². The van der Waals surface area contributed by atoms with Gasteiger partial charge in [0.25, 0.3) is 5.91 Å². The molecule has 0 fully saturated rings. The fourth-order valence-corrected chi connectivity index (χ4v) is 2.00. The highest BCUT2D eigenvalue weighted by atomic mass is 35.5. The molecule has 1 aromatic heterocycles. The molecular formula is C15H19ClN2O4. The molecule has 0 aliphatic rings. The molecule has 0 saturated heterocycles. The van der Waals surface area contributed by atoms with Crippen LogP contribution >= 0.6 is 12.4 Å². The minimum Gasteiger partial charge on any atom is -0.504 e. The third kappa shape index (κ3) is 3.93. The summed E-state index contributed by atoms with van der Waals surface area (Å²) in [5.41, 5.74) is 6.70. The first-order valence-corrected chi connectivity index (χ1v) is 6.44. The molecule has 3 N–H and O–H groups in total. The van der Waals surface area contributed by atoms with Gasteiger partial charge in [-0.1, -0.05) is 6.07 Å². The van der Waals surface area contributed by atoms with Gasteiger partial charge in [0.2, 0.25) is 0 Å². The summed E-state index contributed by atoms with van der Waals surface area (Å²) < 4.78 is 10.1. The second-order valence-electron chi connectivity index (χ2n) is 4.67. The molecule has 1 aromatic carbocycles. The number of benzene rings is 1. The second kappa shape index (κ2) is 7.72. The molecule has 0 radical (unpaired) electrons. The highest BCUT2D eigenvalue weighted by Crippen LogP contribution is 2.26. The van der Waals surface area contributed by atoms with Gasteiger partial charge in [-0.15, -0.1) is 12.4 Å². The Morgan fingerprint density at radius 2 is 2.14 bits per heavy atom. The van der Waals surface area contributed by atoms with Gasteiger partial charge in [0.1, 0.15) is 12.0 Å². The maximum absolute atomic E-state index is 12.2. The lowest BCUT2D eigenvalue weighted by molar-refractivity contribution is 0.0784. The standard InChI is InChI=1S/C15H18N2O4.ClH/c1-17(15(19)11-6-12(7-16)21-9-11)8-10-3-4-14(20-2)13(18)5-10;/h3-6,9,18H,7-8,16H2,1-2H3;1H. The SMILES string of the molecule is COc1ccc(CN(C)C(=O)c2coc(CN)c2)cc1O.Cl. The van der Waals surface area contributed by atoms with Crippen molar-refractivity contribution in [1.82, 2.24) is 4.90 Å². The van der Waals surface area contributed by atoms with E-state index in [9.17, 15) is 9.90 Å². The monoisotopic (exact) mass is 326 g/mol. The maximum Gasteiger partial charge on any atom is 0.257 e. The van der Waals surface area contributed by atoms with Gasteiger partial charge in [-0.25, -0.2) is 0 Å². The average molecular weight is 327 g/mol. The summed E-state index contributed by atoms with van der Waals surface area (Å²) in [7, 11) is 3.16. The van der Waals surface area contributed by atoms with Crippen molar-refractivity contribution in [3.63, 3.8) is 0 Å². The van der Waals surface area contributed by atoms with Gasteiger partial charge >= 0.3 is 0 Å². The quantitative estimate of drug-likeness (QED) is 0.878. The molecule has 0 unspecified atom stereocenters. The Balaban J connectivity index is 0.00000242. The molecule has 0 spiro atoms. The number of hydrogen-bond donors (Lipinski definition) is 2.